The summed E-state index contributed by atoms with van der Waals surface area (Å²) in [4.78, 5) is 35.1. The van der Waals surface area contributed by atoms with Gasteiger partial charge in [-0.3, -0.25) is 9.59 Å². The Bertz CT molecular complexity index is 546. The molecule has 0 spiro atoms. The van der Waals surface area contributed by atoms with Crippen LogP contribution in [-0.2, 0) is 20.8 Å². The molecule has 126 valence electrons. The molecular formula is C16H23N3O4. The molecule has 2 amide bonds. The number of aliphatic carboxylic acids is 1. The van der Waals surface area contributed by atoms with Crippen molar-refractivity contribution in [1.29, 1.82) is 0 Å². The van der Waals surface area contributed by atoms with Gasteiger partial charge in [0.05, 0.1) is 6.54 Å². The highest BCUT2D eigenvalue weighted by Crippen LogP contribution is 2.06. The van der Waals surface area contributed by atoms with Crippen molar-refractivity contribution in [3.8, 4) is 0 Å². The highest BCUT2D eigenvalue weighted by molar-refractivity contribution is 5.91. The number of hydrogen-bond donors (Lipinski definition) is 4. The molecule has 0 aliphatic carbocycles. The van der Waals surface area contributed by atoms with Crippen molar-refractivity contribution in [1.82, 2.24) is 10.6 Å². The maximum absolute atomic E-state index is 12.4. The van der Waals surface area contributed by atoms with Crippen molar-refractivity contribution >= 4 is 17.8 Å². The summed E-state index contributed by atoms with van der Waals surface area (Å²) in [5.41, 5.74) is 6.12. The zero-order chi connectivity index (χ0) is 17.4. The smallest absolute Gasteiger partial charge is 0.326 e. The third-order valence-electron chi connectivity index (χ3n) is 3.35. The number of hydrogen-bond acceptors (Lipinski definition) is 4. The average Bonchev–Trinajstić information content (AvgIpc) is 2.51. The minimum Gasteiger partial charge on any atom is -0.480 e. The predicted molar refractivity (Wildman–Crippen MR) is 85.5 cm³/mol. The van der Waals surface area contributed by atoms with E-state index in [0.29, 0.717) is 0 Å². The lowest BCUT2D eigenvalue weighted by Gasteiger charge is -2.23. The minimum atomic E-state index is -1.11. The van der Waals surface area contributed by atoms with Crippen LogP contribution in [0.3, 0.4) is 0 Å². The number of nitrogens with one attached hydrogen (secondary N) is 2. The Balaban J connectivity index is 2.87. The topological polar surface area (TPSA) is 122 Å². The van der Waals surface area contributed by atoms with Crippen LogP contribution >= 0.6 is 0 Å². The van der Waals surface area contributed by atoms with E-state index < -0.39 is 29.9 Å². The second-order valence-corrected chi connectivity index (χ2v) is 5.58. The molecule has 0 fully saturated rings. The summed E-state index contributed by atoms with van der Waals surface area (Å²) >= 11 is 0. The lowest BCUT2D eigenvalue weighted by molar-refractivity contribution is -0.143. The van der Waals surface area contributed by atoms with Gasteiger partial charge in [0.2, 0.25) is 11.8 Å². The molecule has 0 saturated carbocycles. The van der Waals surface area contributed by atoms with Gasteiger partial charge in [0, 0.05) is 6.42 Å². The molecule has 7 heteroatoms. The minimum absolute atomic E-state index is 0.245. The van der Waals surface area contributed by atoms with E-state index in [1.54, 1.807) is 13.8 Å². The van der Waals surface area contributed by atoms with Gasteiger partial charge in [-0.2, -0.15) is 0 Å². The molecule has 1 rings (SSSR count). The van der Waals surface area contributed by atoms with Crippen LogP contribution < -0.4 is 16.4 Å². The second kappa shape index (κ2) is 8.89. The maximum Gasteiger partial charge on any atom is 0.326 e. The van der Waals surface area contributed by atoms with Crippen molar-refractivity contribution in [3.63, 3.8) is 0 Å². The summed E-state index contributed by atoms with van der Waals surface area (Å²) in [6.07, 6.45) is 0.253. The van der Waals surface area contributed by atoms with E-state index in [1.807, 2.05) is 30.3 Å². The summed E-state index contributed by atoms with van der Waals surface area (Å²) in [6, 6.07) is 7.24. The SMILES string of the molecule is CC(C)C(NC(=O)C(Cc1ccccc1)NC(=O)CN)C(=O)O. The Kier molecular flexibility index (Phi) is 7.21. The number of carbonyl (C=O) groups excluding carboxylic acids is 2. The van der Waals surface area contributed by atoms with Crippen LogP contribution in [-0.4, -0.2) is 41.5 Å². The molecule has 0 aliphatic heterocycles. The molecule has 7 nitrogen and oxygen atoms in total. The standard InChI is InChI=1S/C16H23N3O4/c1-10(2)14(16(22)23)19-15(21)12(18-13(20)9-17)8-11-6-4-3-5-7-11/h3-7,10,12,14H,8-9,17H2,1-2H3,(H,18,20)(H,19,21)(H,22,23). The first kappa shape index (κ1) is 18.6. The van der Waals surface area contributed by atoms with Gasteiger partial charge in [0.25, 0.3) is 0 Å². The van der Waals surface area contributed by atoms with Crippen LogP contribution in [0, 0.1) is 5.92 Å². The Morgan fingerprint density at radius 1 is 1.13 bits per heavy atom. The molecule has 1 aromatic carbocycles. The van der Waals surface area contributed by atoms with Crippen molar-refractivity contribution in [2.24, 2.45) is 11.7 Å². The second-order valence-electron chi connectivity index (χ2n) is 5.58. The van der Waals surface area contributed by atoms with Gasteiger partial charge in [-0.15, -0.1) is 0 Å². The van der Waals surface area contributed by atoms with E-state index in [4.69, 9.17) is 5.73 Å². The van der Waals surface area contributed by atoms with Gasteiger partial charge in [0.1, 0.15) is 12.1 Å². The monoisotopic (exact) mass is 321 g/mol. The largest absolute Gasteiger partial charge is 0.480 e. The summed E-state index contributed by atoms with van der Waals surface area (Å²) in [5, 5.41) is 14.2. The van der Waals surface area contributed by atoms with Crippen molar-refractivity contribution in [2.75, 3.05) is 6.54 Å². The fraction of sp³-hybridized carbons (Fsp3) is 0.438. The molecule has 0 heterocycles. The first-order valence-electron chi connectivity index (χ1n) is 7.41. The summed E-state index contributed by atoms with van der Waals surface area (Å²) in [6.45, 7) is 3.15. The number of nitrogens with two attached hydrogens (primary N) is 1. The fourth-order valence-electron chi connectivity index (χ4n) is 2.08. The van der Waals surface area contributed by atoms with E-state index in [9.17, 15) is 19.5 Å². The molecule has 5 N–H and O–H groups in total. The third kappa shape index (κ3) is 6.07. The Morgan fingerprint density at radius 3 is 2.22 bits per heavy atom. The number of carboxylic acids is 1. The van der Waals surface area contributed by atoms with Crippen LogP contribution in [0.15, 0.2) is 30.3 Å². The van der Waals surface area contributed by atoms with Gasteiger partial charge >= 0.3 is 5.97 Å². The third-order valence-corrected chi connectivity index (χ3v) is 3.35. The molecule has 2 atom stereocenters. The normalized spacial score (nSPS) is 13.2. The highest BCUT2D eigenvalue weighted by Gasteiger charge is 2.28. The summed E-state index contributed by atoms with van der Waals surface area (Å²) in [7, 11) is 0. The lowest BCUT2D eigenvalue weighted by Crippen LogP contribution is -2.54. The van der Waals surface area contributed by atoms with E-state index >= 15 is 0 Å². The van der Waals surface area contributed by atoms with Crippen LogP contribution in [0.1, 0.15) is 19.4 Å². The van der Waals surface area contributed by atoms with Crippen molar-refractivity contribution < 1.29 is 19.5 Å². The number of carboxylic acid groups (broad SMARTS) is 1. The first-order valence-corrected chi connectivity index (χ1v) is 7.41. The summed E-state index contributed by atoms with van der Waals surface area (Å²) < 4.78 is 0. The van der Waals surface area contributed by atoms with Crippen molar-refractivity contribution in [2.45, 2.75) is 32.4 Å². The molecule has 23 heavy (non-hydrogen) atoms. The Labute approximate surface area is 135 Å². The zero-order valence-electron chi connectivity index (χ0n) is 13.3. The molecule has 2 unspecified atom stereocenters. The van der Waals surface area contributed by atoms with E-state index in [2.05, 4.69) is 10.6 Å². The van der Waals surface area contributed by atoms with Crippen LogP contribution in [0.5, 0.6) is 0 Å². The van der Waals surface area contributed by atoms with E-state index in [1.165, 1.54) is 0 Å². The molecule has 0 radical (unpaired) electrons. The molecule has 0 aromatic heterocycles. The van der Waals surface area contributed by atoms with Gasteiger partial charge in [0.15, 0.2) is 0 Å². The fourth-order valence-corrected chi connectivity index (χ4v) is 2.08. The van der Waals surface area contributed by atoms with Crippen LogP contribution in [0.2, 0.25) is 0 Å². The Morgan fingerprint density at radius 2 is 1.74 bits per heavy atom. The van der Waals surface area contributed by atoms with E-state index in [0.717, 1.165) is 5.56 Å². The first-order chi connectivity index (χ1) is 10.8. The quantitative estimate of drug-likeness (QED) is 0.532. The van der Waals surface area contributed by atoms with Gasteiger partial charge in [-0.25, -0.2) is 4.79 Å². The summed E-state index contributed by atoms with van der Waals surface area (Å²) in [5.74, 6) is -2.41. The number of benzene rings is 1. The Hall–Kier alpha value is -2.41. The van der Waals surface area contributed by atoms with Crippen LogP contribution in [0.4, 0.5) is 0 Å². The van der Waals surface area contributed by atoms with Crippen molar-refractivity contribution in [3.05, 3.63) is 35.9 Å². The maximum atomic E-state index is 12.4. The lowest BCUT2D eigenvalue weighted by atomic mass is 10.0. The van der Waals surface area contributed by atoms with Crippen LogP contribution in [0.25, 0.3) is 0 Å². The molecular weight excluding hydrogens is 298 g/mol. The number of carbonyl (C=O) groups is 3. The van der Waals surface area contributed by atoms with Gasteiger partial charge in [-0.05, 0) is 11.5 Å². The number of rotatable bonds is 8. The average molecular weight is 321 g/mol. The van der Waals surface area contributed by atoms with E-state index in [-0.39, 0.29) is 18.9 Å². The van der Waals surface area contributed by atoms with Gasteiger partial charge < -0.3 is 21.5 Å². The van der Waals surface area contributed by atoms with Gasteiger partial charge in [-0.1, -0.05) is 44.2 Å². The molecule has 0 aliphatic rings. The molecule has 0 bridgehead atoms. The predicted octanol–water partition coefficient (Wildman–Crippen LogP) is -0.102. The zero-order valence-corrected chi connectivity index (χ0v) is 13.3. The molecule has 0 saturated heterocycles. The molecule has 1 aromatic rings. The highest BCUT2D eigenvalue weighted by atomic mass is 16.4. The number of amides is 2.